The lowest BCUT2D eigenvalue weighted by Crippen LogP contribution is -2.14. The Hall–Kier alpha value is -2.91. The van der Waals surface area contributed by atoms with Crippen molar-refractivity contribution in [3.05, 3.63) is 95.1 Å². The molecule has 0 saturated heterocycles. The Labute approximate surface area is 224 Å². The SMILES string of the molecule is Cc1cccc(NC(=O)/C(C#N)=C\c2cc(I)c(OCc3ccc(C(=O)O)cc3)c(I)c2)c1C. The van der Waals surface area contributed by atoms with Crippen molar-refractivity contribution in [2.75, 3.05) is 5.32 Å². The Kier molecular flexibility index (Phi) is 8.68. The van der Waals surface area contributed by atoms with Crippen LogP contribution in [0.1, 0.15) is 32.6 Å². The smallest absolute Gasteiger partial charge is 0.335 e. The monoisotopic (exact) mass is 678 g/mol. The lowest BCUT2D eigenvalue weighted by molar-refractivity contribution is -0.112. The number of aryl methyl sites for hydroxylation is 1. The average molecular weight is 678 g/mol. The summed E-state index contributed by atoms with van der Waals surface area (Å²) in [6.45, 7) is 4.16. The maximum absolute atomic E-state index is 12.7. The van der Waals surface area contributed by atoms with Crippen LogP contribution in [0, 0.1) is 32.3 Å². The summed E-state index contributed by atoms with van der Waals surface area (Å²) in [6, 6.07) is 17.8. The Bertz CT molecular complexity index is 1300. The van der Waals surface area contributed by atoms with E-state index in [1.165, 1.54) is 12.1 Å². The highest BCUT2D eigenvalue weighted by Gasteiger charge is 2.14. The van der Waals surface area contributed by atoms with Gasteiger partial charge in [0.25, 0.3) is 5.91 Å². The number of anilines is 1. The van der Waals surface area contributed by atoms with Crippen LogP contribution >= 0.6 is 45.2 Å². The number of nitrogens with zero attached hydrogens (tertiary/aromatic N) is 1. The second-order valence-corrected chi connectivity index (χ2v) is 9.80. The van der Waals surface area contributed by atoms with Crippen molar-refractivity contribution in [1.82, 2.24) is 0 Å². The van der Waals surface area contributed by atoms with Crippen LogP contribution in [-0.2, 0) is 11.4 Å². The van der Waals surface area contributed by atoms with Crippen LogP contribution in [-0.4, -0.2) is 17.0 Å². The number of carboxylic acid groups (broad SMARTS) is 1. The first-order valence-corrected chi connectivity index (χ1v) is 12.3. The lowest BCUT2D eigenvalue weighted by Gasteiger charge is -2.12. The average Bonchev–Trinajstić information content (AvgIpc) is 2.80. The minimum absolute atomic E-state index is 0.000283. The molecule has 0 atom stereocenters. The predicted molar refractivity (Wildman–Crippen MR) is 148 cm³/mol. The summed E-state index contributed by atoms with van der Waals surface area (Å²) >= 11 is 4.30. The van der Waals surface area contributed by atoms with Gasteiger partial charge in [-0.05, 0) is 118 Å². The molecule has 0 saturated carbocycles. The van der Waals surface area contributed by atoms with Gasteiger partial charge in [0.15, 0.2) is 0 Å². The molecule has 0 aliphatic heterocycles. The first-order valence-electron chi connectivity index (χ1n) is 10.1. The predicted octanol–water partition coefficient (Wildman–Crippen LogP) is 6.34. The number of amides is 1. The molecule has 0 fully saturated rings. The molecule has 1 amide bonds. The zero-order chi connectivity index (χ0) is 24.8. The second kappa shape index (κ2) is 11.5. The number of carbonyl (C=O) groups is 2. The number of hydrogen-bond acceptors (Lipinski definition) is 4. The molecule has 0 aliphatic carbocycles. The van der Waals surface area contributed by atoms with Gasteiger partial charge >= 0.3 is 5.97 Å². The van der Waals surface area contributed by atoms with E-state index in [9.17, 15) is 14.9 Å². The number of carboxylic acids is 1. The van der Waals surface area contributed by atoms with Crippen molar-refractivity contribution in [2.45, 2.75) is 20.5 Å². The fraction of sp³-hybridized carbons (Fsp3) is 0.115. The minimum atomic E-state index is -0.973. The van der Waals surface area contributed by atoms with Crippen molar-refractivity contribution in [1.29, 1.82) is 5.26 Å². The topological polar surface area (TPSA) is 99.4 Å². The molecule has 8 heteroatoms. The van der Waals surface area contributed by atoms with Gasteiger partial charge in [0.05, 0.1) is 12.7 Å². The molecule has 0 spiro atoms. The normalized spacial score (nSPS) is 11.0. The number of halogens is 2. The molecule has 2 N–H and O–H groups in total. The zero-order valence-corrected chi connectivity index (χ0v) is 22.7. The lowest BCUT2D eigenvalue weighted by atomic mass is 10.1. The molecule has 34 heavy (non-hydrogen) atoms. The summed E-state index contributed by atoms with van der Waals surface area (Å²) in [5.74, 6) is -0.759. The minimum Gasteiger partial charge on any atom is -0.487 e. The van der Waals surface area contributed by atoms with Gasteiger partial charge < -0.3 is 15.2 Å². The summed E-state index contributed by atoms with van der Waals surface area (Å²) in [7, 11) is 0. The first-order chi connectivity index (χ1) is 16.2. The van der Waals surface area contributed by atoms with E-state index in [0.29, 0.717) is 17.0 Å². The molecule has 3 aromatic rings. The fourth-order valence-electron chi connectivity index (χ4n) is 3.09. The van der Waals surface area contributed by atoms with Crippen LogP contribution in [0.2, 0.25) is 0 Å². The summed E-state index contributed by atoms with van der Waals surface area (Å²) in [4.78, 5) is 23.7. The van der Waals surface area contributed by atoms with Gasteiger partial charge in [-0.1, -0.05) is 24.3 Å². The number of nitrogens with one attached hydrogen (secondary N) is 1. The standard InChI is InChI=1S/C26H20I2N2O4/c1-15-4-3-5-23(16(15)2)30-25(31)20(13-29)10-18-11-21(27)24(22(28)12-18)34-14-17-6-8-19(9-7-17)26(32)33/h3-12H,14H2,1-2H3,(H,30,31)(H,32,33)/b20-10-. The van der Waals surface area contributed by atoms with Crippen LogP contribution in [0.5, 0.6) is 5.75 Å². The maximum Gasteiger partial charge on any atom is 0.335 e. The number of ether oxygens (including phenoxy) is 1. The van der Waals surface area contributed by atoms with E-state index in [2.05, 4.69) is 50.5 Å². The van der Waals surface area contributed by atoms with Gasteiger partial charge in [0, 0.05) is 5.69 Å². The van der Waals surface area contributed by atoms with Crippen molar-refractivity contribution < 1.29 is 19.4 Å². The number of rotatable bonds is 7. The molecule has 0 bridgehead atoms. The van der Waals surface area contributed by atoms with Gasteiger partial charge in [-0.2, -0.15) is 5.26 Å². The summed E-state index contributed by atoms with van der Waals surface area (Å²) in [5, 5.41) is 21.4. The maximum atomic E-state index is 12.7. The number of benzene rings is 3. The highest BCUT2D eigenvalue weighted by molar-refractivity contribution is 14.1. The van der Waals surface area contributed by atoms with Crippen molar-refractivity contribution in [3.8, 4) is 11.8 Å². The van der Waals surface area contributed by atoms with E-state index < -0.39 is 11.9 Å². The molecule has 0 unspecified atom stereocenters. The molecule has 6 nitrogen and oxygen atoms in total. The number of nitriles is 1. The first kappa shape index (κ1) is 25.7. The molecule has 0 aliphatic rings. The summed E-state index contributed by atoms with van der Waals surface area (Å²) < 4.78 is 7.61. The van der Waals surface area contributed by atoms with E-state index in [4.69, 9.17) is 9.84 Å². The van der Waals surface area contributed by atoms with Gasteiger partial charge in [0.1, 0.15) is 24.0 Å². The van der Waals surface area contributed by atoms with Crippen LogP contribution < -0.4 is 10.1 Å². The van der Waals surface area contributed by atoms with Gasteiger partial charge in [-0.3, -0.25) is 4.79 Å². The van der Waals surface area contributed by atoms with E-state index >= 15 is 0 Å². The Morgan fingerprint density at radius 2 is 1.74 bits per heavy atom. The molecule has 0 radical (unpaired) electrons. The second-order valence-electron chi connectivity index (χ2n) is 7.48. The summed E-state index contributed by atoms with van der Waals surface area (Å²) in [5.41, 5.74) is 4.46. The molecular formula is C26H20I2N2O4. The van der Waals surface area contributed by atoms with Crippen LogP contribution in [0.4, 0.5) is 5.69 Å². The molecule has 3 rings (SSSR count). The number of carbonyl (C=O) groups excluding carboxylic acids is 1. The van der Waals surface area contributed by atoms with Crippen molar-refractivity contribution >= 4 is 68.8 Å². The fourth-order valence-corrected chi connectivity index (χ4v) is 5.22. The highest BCUT2D eigenvalue weighted by Crippen LogP contribution is 2.31. The van der Waals surface area contributed by atoms with E-state index in [1.807, 2.05) is 50.2 Å². The summed E-state index contributed by atoms with van der Waals surface area (Å²) in [6.07, 6.45) is 1.55. The number of aromatic carboxylic acids is 1. The van der Waals surface area contributed by atoms with Gasteiger partial charge in [0.2, 0.25) is 0 Å². The van der Waals surface area contributed by atoms with Crippen molar-refractivity contribution in [3.63, 3.8) is 0 Å². The molecule has 172 valence electrons. The third-order valence-corrected chi connectivity index (χ3v) is 6.74. The van der Waals surface area contributed by atoms with Gasteiger partial charge in [-0.15, -0.1) is 0 Å². The Balaban J connectivity index is 1.76. The van der Waals surface area contributed by atoms with Crippen molar-refractivity contribution in [2.24, 2.45) is 0 Å². The number of hydrogen-bond donors (Lipinski definition) is 2. The highest BCUT2D eigenvalue weighted by atomic mass is 127. The zero-order valence-electron chi connectivity index (χ0n) is 18.4. The molecular weight excluding hydrogens is 658 g/mol. The quantitative estimate of drug-likeness (QED) is 0.173. The molecule has 0 aromatic heterocycles. The van der Waals surface area contributed by atoms with Crippen LogP contribution in [0.25, 0.3) is 6.08 Å². The molecule has 3 aromatic carbocycles. The van der Waals surface area contributed by atoms with Crippen LogP contribution in [0.15, 0.2) is 60.2 Å². The van der Waals surface area contributed by atoms with Crippen LogP contribution in [0.3, 0.4) is 0 Å². The van der Waals surface area contributed by atoms with E-state index in [-0.39, 0.29) is 17.7 Å². The molecule has 0 heterocycles. The third-order valence-electron chi connectivity index (χ3n) is 5.13. The van der Waals surface area contributed by atoms with E-state index in [1.54, 1.807) is 18.2 Å². The Morgan fingerprint density at radius 3 is 2.32 bits per heavy atom. The Morgan fingerprint density at radius 1 is 1.09 bits per heavy atom. The van der Waals surface area contributed by atoms with E-state index in [0.717, 1.165) is 23.8 Å². The largest absolute Gasteiger partial charge is 0.487 e. The third kappa shape index (κ3) is 6.36. The van der Waals surface area contributed by atoms with Gasteiger partial charge in [-0.25, -0.2) is 4.79 Å².